The van der Waals surface area contributed by atoms with E-state index in [2.05, 4.69) is 45.9 Å². The van der Waals surface area contributed by atoms with Gasteiger partial charge in [0.15, 0.2) is 0 Å². The number of hydrogen-bond donors (Lipinski definition) is 1. The van der Waals surface area contributed by atoms with Crippen molar-refractivity contribution < 1.29 is 0 Å². The van der Waals surface area contributed by atoms with Gasteiger partial charge < -0.3 is 5.32 Å². The lowest BCUT2D eigenvalue weighted by Gasteiger charge is -2.03. The number of anilines is 1. The fourth-order valence-corrected chi connectivity index (χ4v) is 2.45. The molecule has 17 heavy (non-hydrogen) atoms. The zero-order valence-corrected chi connectivity index (χ0v) is 10.6. The van der Waals surface area contributed by atoms with E-state index >= 15 is 0 Å². The van der Waals surface area contributed by atoms with Crippen LogP contribution >= 0.6 is 11.5 Å². The minimum atomic E-state index is 0.640. The fourth-order valence-electron chi connectivity index (χ4n) is 1.81. The average Bonchev–Trinajstić information content (AvgIpc) is 3.07. The van der Waals surface area contributed by atoms with Gasteiger partial charge in [-0.15, -0.1) is 0 Å². The summed E-state index contributed by atoms with van der Waals surface area (Å²) in [6, 6.07) is 8.51. The molecule has 0 unspecified atom stereocenters. The van der Waals surface area contributed by atoms with Crippen molar-refractivity contribution in [1.29, 1.82) is 0 Å². The smallest absolute Gasteiger partial charge is 0.202 e. The van der Waals surface area contributed by atoms with Crippen molar-refractivity contribution in [1.82, 2.24) is 9.36 Å². The van der Waals surface area contributed by atoms with Crippen LogP contribution in [-0.2, 0) is 6.54 Å². The highest BCUT2D eigenvalue weighted by molar-refractivity contribution is 7.09. The molecule has 2 aromatic rings. The minimum Gasteiger partial charge on any atom is -0.356 e. The van der Waals surface area contributed by atoms with Gasteiger partial charge in [-0.2, -0.15) is 4.37 Å². The van der Waals surface area contributed by atoms with E-state index in [9.17, 15) is 0 Å². The van der Waals surface area contributed by atoms with Crippen molar-refractivity contribution in [2.45, 2.75) is 32.2 Å². The van der Waals surface area contributed by atoms with Crippen molar-refractivity contribution in [3.05, 3.63) is 41.2 Å². The summed E-state index contributed by atoms with van der Waals surface area (Å²) in [6.07, 6.45) is 2.52. The van der Waals surface area contributed by atoms with Crippen molar-refractivity contribution in [3.8, 4) is 0 Å². The van der Waals surface area contributed by atoms with Gasteiger partial charge in [0, 0.05) is 24.0 Å². The molecule has 0 bridgehead atoms. The van der Waals surface area contributed by atoms with Crippen LogP contribution in [0.15, 0.2) is 24.3 Å². The molecule has 0 atom stereocenters. The highest BCUT2D eigenvalue weighted by atomic mass is 32.1. The van der Waals surface area contributed by atoms with Crippen LogP contribution in [0.3, 0.4) is 0 Å². The van der Waals surface area contributed by atoms with E-state index in [-0.39, 0.29) is 0 Å². The average molecular weight is 245 g/mol. The van der Waals surface area contributed by atoms with Gasteiger partial charge in [-0.05, 0) is 25.3 Å². The maximum Gasteiger partial charge on any atom is 0.202 e. The highest BCUT2D eigenvalue weighted by Crippen LogP contribution is 2.39. The van der Waals surface area contributed by atoms with E-state index in [0.29, 0.717) is 5.92 Å². The van der Waals surface area contributed by atoms with Crippen LogP contribution in [0.25, 0.3) is 0 Å². The van der Waals surface area contributed by atoms with E-state index in [1.807, 2.05) is 0 Å². The molecule has 0 amide bonds. The summed E-state index contributed by atoms with van der Waals surface area (Å²) < 4.78 is 4.38. The fraction of sp³-hybridized carbons (Fsp3) is 0.385. The second kappa shape index (κ2) is 4.45. The third kappa shape index (κ3) is 2.64. The van der Waals surface area contributed by atoms with Crippen LogP contribution in [0.1, 0.15) is 35.7 Å². The molecule has 1 aromatic carbocycles. The quantitative estimate of drug-likeness (QED) is 0.897. The third-order valence-electron chi connectivity index (χ3n) is 2.91. The lowest BCUT2D eigenvalue weighted by atomic mass is 10.1. The number of rotatable bonds is 4. The monoisotopic (exact) mass is 245 g/mol. The van der Waals surface area contributed by atoms with Crippen LogP contribution in [0.4, 0.5) is 5.13 Å². The molecule has 0 spiro atoms. The third-order valence-corrected chi connectivity index (χ3v) is 3.60. The Morgan fingerprint density at radius 3 is 3.06 bits per heavy atom. The van der Waals surface area contributed by atoms with Crippen LogP contribution in [0.5, 0.6) is 0 Å². The summed E-state index contributed by atoms with van der Waals surface area (Å²) in [6.45, 7) is 2.93. The summed E-state index contributed by atoms with van der Waals surface area (Å²) in [5.41, 5.74) is 2.58. The van der Waals surface area contributed by atoms with Gasteiger partial charge in [0.2, 0.25) is 5.13 Å². The Bertz CT molecular complexity index is 517. The van der Waals surface area contributed by atoms with Gasteiger partial charge in [-0.3, -0.25) is 0 Å². The first-order chi connectivity index (χ1) is 8.31. The molecule has 4 heteroatoms. The Morgan fingerprint density at radius 1 is 1.41 bits per heavy atom. The second-order valence-electron chi connectivity index (χ2n) is 4.57. The van der Waals surface area contributed by atoms with Crippen molar-refractivity contribution in [2.24, 2.45) is 0 Å². The Hall–Kier alpha value is -1.42. The Kier molecular flexibility index (Phi) is 2.81. The standard InChI is InChI=1S/C13H15N3S/c1-9-3-2-4-10(7-9)8-14-13-15-12(16-17-13)11-5-6-11/h2-4,7,11H,5-6,8H2,1H3,(H,14,15,16). The van der Waals surface area contributed by atoms with Crippen LogP contribution < -0.4 is 5.32 Å². The maximum absolute atomic E-state index is 4.51. The lowest BCUT2D eigenvalue weighted by Crippen LogP contribution is -1.99. The van der Waals surface area contributed by atoms with Gasteiger partial charge in [-0.1, -0.05) is 29.8 Å². The largest absolute Gasteiger partial charge is 0.356 e. The predicted molar refractivity (Wildman–Crippen MR) is 70.4 cm³/mol. The molecule has 1 fully saturated rings. The molecule has 0 radical (unpaired) electrons. The van der Waals surface area contributed by atoms with Gasteiger partial charge >= 0.3 is 0 Å². The molecular formula is C13H15N3S. The minimum absolute atomic E-state index is 0.640. The number of nitrogens with one attached hydrogen (secondary N) is 1. The first-order valence-corrected chi connectivity index (χ1v) is 6.71. The molecule has 3 nitrogen and oxygen atoms in total. The van der Waals surface area contributed by atoms with E-state index < -0.39 is 0 Å². The van der Waals surface area contributed by atoms with Crippen LogP contribution in [-0.4, -0.2) is 9.36 Å². The summed E-state index contributed by atoms with van der Waals surface area (Å²) >= 11 is 1.47. The zero-order chi connectivity index (χ0) is 11.7. The molecule has 1 aliphatic rings. The molecular weight excluding hydrogens is 230 g/mol. The van der Waals surface area contributed by atoms with Crippen LogP contribution in [0, 0.1) is 6.92 Å². The van der Waals surface area contributed by atoms with Crippen molar-refractivity contribution in [2.75, 3.05) is 5.32 Å². The van der Waals surface area contributed by atoms with Crippen LogP contribution in [0.2, 0.25) is 0 Å². The zero-order valence-electron chi connectivity index (χ0n) is 9.81. The molecule has 1 saturated carbocycles. The van der Waals surface area contributed by atoms with E-state index in [0.717, 1.165) is 17.5 Å². The molecule has 3 rings (SSSR count). The molecule has 1 heterocycles. The molecule has 1 N–H and O–H groups in total. The number of hydrogen-bond acceptors (Lipinski definition) is 4. The summed E-state index contributed by atoms with van der Waals surface area (Å²) in [4.78, 5) is 4.51. The maximum atomic E-state index is 4.51. The topological polar surface area (TPSA) is 37.8 Å². The summed E-state index contributed by atoms with van der Waals surface area (Å²) in [5.74, 6) is 1.67. The molecule has 0 aliphatic heterocycles. The van der Waals surface area contributed by atoms with Gasteiger partial charge in [-0.25, -0.2) is 4.98 Å². The second-order valence-corrected chi connectivity index (χ2v) is 5.33. The van der Waals surface area contributed by atoms with Crippen molar-refractivity contribution in [3.63, 3.8) is 0 Å². The first kappa shape index (κ1) is 10.7. The first-order valence-electron chi connectivity index (χ1n) is 5.94. The van der Waals surface area contributed by atoms with Gasteiger partial charge in [0.1, 0.15) is 5.82 Å². The number of benzene rings is 1. The molecule has 88 valence electrons. The Morgan fingerprint density at radius 2 is 2.29 bits per heavy atom. The van der Waals surface area contributed by atoms with Crippen molar-refractivity contribution >= 4 is 16.7 Å². The molecule has 1 aliphatic carbocycles. The Balaban J connectivity index is 1.62. The van der Waals surface area contributed by atoms with Gasteiger partial charge in [0.05, 0.1) is 0 Å². The molecule has 1 aromatic heterocycles. The SMILES string of the molecule is Cc1cccc(CNc2nc(C3CC3)ns2)c1. The van der Waals surface area contributed by atoms with E-state index in [1.54, 1.807) is 0 Å². The predicted octanol–water partition coefficient (Wildman–Crippen LogP) is 3.34. The Labute approximate surface area is 105 Å². The summed E-state index contributed by atoms with van der Waals surface area (Å²) in [5, 5.41) is 4.27. The van der Waals surface area contributed by atoms with E-state index in [1.165, 1.54) is 35.5 Å². The van der Waals surface area contributed by atoms with E-state index in [4.69, 9.17) is 0 Å². The number of nitrogens with zero attached hydrogens (tertiary/aromatic N) is 2. The number of aryl methyl sites for hydroxylation is 1. The lowest BCUT2D eigenvalue weighted by molar-refractivity contribution is 0.980. The molecule has 0 saturated heterocycles. The highest BCUT2D eigenvalue weighted by Gasteiger charge is 2.27. The van der Waals surface area contributed by atoms with Gasteiger partial charge in [0.25, 0.3) is 0 Å². The number of aromatic nitrogens is 2. The normalized spacial score (nSPS) is 14.9. The summed E-state index contributed by atoms with van der Waals surface area (Å²) in [7, 11) is 0.